The van der Waals surface area contributed by atoms with E-state index < -0.39 is 17.2 Å². The highest BCUT2D eigenvalue weighted by molar-refractivity contribution is 6.36. The Morgan fingerprint density at radius 1 is 1.13 bits per heavy atom. The summed E-state index contributed by atoms with van der Waals surface area (Å²) in [5, 5.41) is 0.142. The minimum Gasteiger partial charge on any atom is -0.501 e. The molecule has 0 radical (unpaired) electrons. The molecule has 7 heteroatoms. The van der Waals surface area contributed by atoms with Crippen LogP contribution < -0.4 is 14.2 Å². The molecule has 0 saturated heterocycles. The highest BCUT2D eigenvalue weighted by Gasteiger charge is 2.56. The van der Waals surface area contributed by atoms with Gasteiger partial charge in [0.1, 0.15) is 22.1 Å². The number of hydrogen-bond donors (Lipinski definition) is 0. The molecule has 0 saturated carbocycles. The molecule has 0 bridgehead atoms. The van der Waals surface area contributed by atoms with Gasteiger partial charge in [0.2, 0.25) is 17.2 Å². The lowest BCUT2D eigenvalue weighted by Crippen LogP contribution is -2.49. The van der Waals surface area contributed by atoms with Crippen molar-refractivity contribution in [1.29, 1.82) is 0 Å². The molecule has 3 rings (SSSR count). The van der Waals surface area contributed by atoms with E-state index >= 15 is 0 Å². The maximum Gasteiger partial charge on any atom is 0.233 e. The summed E-state index contributed by atoms with van der Waals surface area (Å²) in [5.41, 5.74) is -1.44. The van der Waals surface area contributed by atoms with Crippen molar-refractivity contribution in [3.63, 3.8) is 0 Å². The molecule has 0 aromatic heterocycles. The molecular weight excluding hydrogens is 324 g/mol. The molecule has 1 aromatic rings. The average Bonchev–Trinajstić information content (AvgIpc) is 2.86. The van der Waals surface area contributed by atoms with Crippen LogP contribution in [0.4, 0.5) is 0 Å². The smallest absolute Gasteiger partial charge is 0.233 e. The SMILES string of the molecule is COC1=CC(=O)C2(CC1)Oc1c(Cl)c(OC)cc(OC)c1C2=O. The topological polar surface area (TPSA) is 71.1 Å². The number of fused-ring (bicyclic) bond motifs is 1. The number of carbonyl (C=O) groups excluding carboxylic acids is 2. The molecule has 1 aromatic carbocycles. The van der Waals surface area contributed by atoms with Crippen molar-refractivity contribution in [3.05, 3.63) is 28.5 Å². The Labute approximate surface area is 137 Å². The van der Waals surface area contributed by atoms with Gasteiger partial charge in [-0.15, -0.1) is 0 Å². The van der Waals surface area contributed by atoms with E-state index in [1.54, 1.807) is 0 Å². The maximum absolute atomic E-state index is 12.9. The van der Waals surface area contributed by atoms with Gasteiger partial charge in [0.15, 0.2) is 5.75 Å². The number of ketones is 2. The van der Waals surface area contributed by atoms with Crippen LogP contribution in [-0.4, -0.2) is 38.5 Å². The summed E-state index contributed by atoms with van der Waals surface area (Å²) < 4.78 is 21.3. The summed E-state index contributed by atoms with van der Waals surface area (Å²) in [7, 11) is 4.35. The molecule has 1 spiro atoms. The summed E-state index contributed by atoms with van der Waals surface area (Å²) in [4.78, 5) is 25.4. The van der Waals surface area contributed by atoms with E-state index in [2.05, 4.69) is 0 Å². The molecule has 2 aliphatic rings. The van der Waals surface area contributed by atoms with E-state index in [1.807, 2.05) is 0 Å². The number of rotatable bonds is 3. The molecule has 1 heterocycles. The second kappa shape index (κ2) is 5.45. The number of halogens is 1. The molecule has 0 amide bonds. The zero-order valence-corrected chi connectivity index (χ0v) is 13.7. The summed E-state index contributed by atoms with van der Waals surface area (Å²) in [6.07, 6.45) is 1.89. The lowest BCUT2D eigenvalue weighted by Gasteiger charge is -2.28. The highest BCUT2D eigenvalue weighted by atomic mass is 35.5. The molecule has 122 valence electrons. The number of allylic oxidation sites excluding steroid dienone is 1. The van der Waals surface area contributed by atoms with Gasteiger partial charge in [0.05, 0.1) is 27.1 Å². The molecule has 23 heavy (non-hydrogen) atoms. The monoisotopic (exact) mass is 338 g/mol. The van der Waals surface area contributed by atoms with Gasteiger partial charge in [-0.25, -0.2) is 0 Å². The fourth-order valence-corrected chi connectivity index (χ4v) is 3.14. The molecule has 1 unspecified atom stereocenters. The number of methoxy groups -OCH3 is 3. The molecular formula is C16H15ClO6. The number of benzene rings is 1. The Kier molecular flexibility index (Phi) is 3.72. The van der Waals surface area contributed by atoms with Gasteiger partial charge >= 0.3 is 0 Å². The lowest BCUT2D eigenvalue weighted by molar-refractivity contribution is -0.126. The third-order valence-electron chi connectivity index (χ3n) is 4.14. The van der Waals surface area contributed by atoms with Crippen LogP contribution in [0.3, 0.4) is 0 Å². The van der Waals surface area contributed by atoms with Crippen LogP contribution in [0.2, 0.25) is 5.02 Å². The van der Waals surface area contributed by atoms with Crippen molar-refractivity contribution < 1.29 is 28.5 Å². The van der Waals surface area contributed by atoms with Crippen LogP contribution in [0.5, 0.6) is 17.2 Å². The van der Waals surface area contributed by atoms with Crippen LogP contribution in [-0.2, 0) is 9.53 Å². The van der Waals surface area contributed by atoms with E-state index in [0.29, 0.717) is 17.9 Å². The summed E-state index contributed by atoms with van der Waals surface area (Å²) in [5.74, 6) is 0.296. The van der Waals surface area contributed by atoms with Crippen molar-refractivity contribution in [2.24, 2.45) is 0 Å². The van der Waals surface area contributed by atoms with Crippen LogP contribution >= 0.6 is 11.6 Å². The first-order chi connectivity index (χ1) is 11.0. The van der Waals surface area contributed by atoms with Crippen LogP contribution in [0.25, 0.3) is 0 Å². The van der Waals surface area contributed by atoms with Crippen molar-refractivity contribution in [2.45, 2.75) is 18.4 Å². The normalized spacial score (nSPS) is 22.5. The van der Waals surface area contributed by atoms with Gasteiger partial charge in [0.25, 0.3) is 0 Å². The second-order valence-electron chi connectivity index (χ2n) is 5.24. The molecule has 1 atom stereocenters. The van der Waals surface area contributed by atoms with Gasteiger partial charge in [0, 0.05) is 25.0 Å². The third kappa shape index (κ3) is 2.09. The summed E-state index contributed by atoms with van der Waals surface area (Å²) >= 11 is 6.25. The highest BCUT2D eigenvalue weighted by Crippen LogP contribution is 2.51. The first kappa shape index (κ1) is 15.7. The Morgan fingerprint density at radius 2 is 1.83 bits per heavy atom. The van der Waals surface area contributed by atoms with E-state index in [9.17, 15) is 9.59 Å². The minimum atomic E-state index is -1.60. The standard InChI is InChI=1S/C16H15ClO6/c1-20-8-4-5-16(11(18)6-8)15(19)12-9(21-2)7-10(22-3)13(17)14(12)23-16/h6-7H,4-5H2,1-3H3. The van der Waals surface area contributed by atoms with Crippen molar-refractivity contribution in [1.82, 2.24) is 0 Å². The van der Waals surface area contributed by atoms with Gasteiger partial charge in [-0.2, -0.15) is 0 Å². The fraction of sp³-hybridized carbons (Fsp3) is 0.375. The maximum atomic E-state index is 12.9. The fourth-order valence-electron chi connectivity index (χ4n) is 2.88. The largest absolute Gasteiger partial charge is 0.501 e. The summed E-state index contributed by atoms with van der Waals surface area (Å²) in [6.45, 7) is 0. The predicted molar refractivity (Wildman–Crippen MR) is 81.6 cm³/mol. The Balaban J connectivity index is 2.15. The first-order valence-corrected chi connectivity index (χ1v) is 7.33. The molecule has 1 aliphatic heterocycles. The van der Waals surface area contributed by atoms with Crippen molar-refractivity contribution in [3.8, 4) is 17.2 Å². The van der Waals surface area contributed by atoms with Crippen molar-refractivity contribution in [2.75, 3.05) is 21.3 Å². The van der Waals surface area contributed by atoms with E-state index in [4.69, 9.17) is 30.5 Å². The van der Waals surface area contributed by atoms with Gasteiger partial charge in [-0.1, -0.05) is 11.6 Å². The number of ether oxygens (including phenoxy) is 4. The minimum absolute atomic E-state index is 0.121. The van der Waals surface area contributed by atoms with Gasteiger partial charge in [-0.3, -0.25) is 9.59 Å². The quantitative estimate of drug-likeness (QED) is 0.789. The first-order valence-electron chi connectivity index (χ1n) is 6.95. The Hall–Kier alpha value is -2.21. The molecule has 6 nitrogen and oxygen atoms in total. The number of hydrogen-bond acceptors (Lipinski definition) is 6. The van der Waals surface area contributed by atoms with E-state index in [0.717, 1.165) is 0 Å². The third-order valence-corrected chi connectivity index (χ3v) is 4.49. The lowest BCUT2D eigenvalue weighted by atomic mass is 9.82. The number of Topliss-reactive ketones (excluding diaryl/α,β-unsaturated/α-hetero) is 1. The predicted octanol–water partition coefficient (Wildman–Crippen LogP) is 2.56. The molecule has 1 aliphatic carbocycles. The van der Waals surface area contributed by atoms with E-state index in [1.165, 1.54) is 33.5 Å². The molecule has 0 N–H and O–H groups in total. The second-order valence-corrected chi connectivity index (χ2v) is 5.61. The van der Waals surface area contributed by atoms with Crippen LogP contribution in [0.15, 0.2) is 17.9 Å². The Bertz CT molecular complexity index is 739. The number of carbonyl (C=O) groups is 2. The van der Waals surface area contributed by atoms with Crippen molar-refractivity contribution >= 4 is 23.2 Å². The van der Waals surface area contributed by atoms with Crippen LogP contribution in [0, 0.1) is 0 Å². The Morgan fingerprint density at radius 3 is 2.39 bits per heavy atom. The van der Waals surface area contributed by atoms with Crippen LogP contribution in [0.1, 0.15) is 23.2 Å². The molecule has 0 fully saturated rings. The van der Waals surface area contributed by atoms with Gasteiger partial charge in [-0.05, 0) is 0 Å². The van der Waals surface area contributed by atoms with E-state index in [-0.39, 0.29) is 28.5 Å². The zero-order chi connectivity index (χ0) is 16.8. The summed E-state index contributed by atoms with van der Waals surface area (Å²) in [6, 6.07) is 1.51. The van der Waals surface area contributed by atoms with Gasteiger partial charge < -0.3 is 18.9 Å². The zero-order valence-electron chi connectivity index (χ0n) is 12.9. The average molecular weight is 339 g/mol.